The molecule has 7 nitrogen and oxygen atoms in total. The van der Waals surface area contributed by atoms with Gasteiger partial charge in [0.2, 0.25) is 0 Å². The van der Waals surface area contributed by atoms with Crippen molar-refractivity contribution in [3.05, 3.63) is 12.2 Å². The Hall–Kier alpha value is -2.60. The van der Waals surface area contributed by atoms with Crippen LogP contribution in [-0.4, -0.2) is 54.4 Å². The Labute approximate surface area is 233 Å². The Morgan fingerprint density at radius 3 is 2.20 bits per heavy atom. The number of cyclic esters (lactones) is 1. The minimum Gasteiger partial charge on any atom is -0.462 e. The third-order valence-corrected chi connectivity index (χ3v) is 9.32. The summed E-state index contributed by atoms with van der Waals surface area (Å²) in [4.78, 5) is 49.9. The minimum atomic E-state index is -5.23. The van der Waals surface area contributed by atoms with Gasteiger partial charge in [-0.1, -0.05) is 26.0 Å². The first-order chi connectivity index (χ1) is 19.1. The van der Waals surface area contributed by atoms with E-state index in [1.54, 1.807) is 6.92 Å². The molecule has 0 aromatic rings. The lowest BCUT2D eigenvalue weighted by Gasteiger charge is -2.34. The number of fused-ring (bicyclic) bond motifs is 5. The van der Waals surface area contributed by atoms with Gasteiger partial charge in [-0.3, -0.25) is 9.59 Å². The average molecular weight is 597 g/mol. The monoisotopic (exact) mass is 596 g/mol. The highest BCUT2D eigenvalue weighted by atomic mass is 19.4. The fraction of sp³-hybridized carbons (Fsp3) is 0.786. The second kappa shape index (κ2) is 11.9. The van der Waals surface area contributed by atoms with Crippen molar-refractivity contribution in [2.45, 2.75) is 95.9 Å². The number of Topliss-reactive ketones (excluding diaryl/α,β-unsaturated/α-hetero) is 1. The predicted octanol–water partition coefficient (Wildman–Crippen LogP) is 5.50. The van der Waals surface area contributed by atoms with Crippen LogP contribution >= 0.6 is 0 Å². The number of alkyl halides is 6. The number of carbonyl (C=O) groups is 4. The quantitative estimate of drug-likeness (QED) is 0.184. The van der Waals surface area contributed by atoms with Crippen LogP contribution in [0.4, 0.5) is 26.3 Å². The van der Waals surface area contributed by atoms with Crippen molar-refractivity contribution in [3.63, 3.8) is 0 Å². The van der Waals surface area contributed by atoms with Gasteiger partial charge in [-0.25, -0.2) is 9.59 Å². The van der Waals surface area contributed by atoms with Crippen LogP contribution in [0.25, 0.3) is 0 Å². The molecule has 41 heavy (non-hydrogen) atoms. The van der Waals surface area contributed by atoms with Crippen LogP contribution in [0.5, 0.6) is 0 Å². The molecular formula is C28H34F6O7. The molecule has 0 spiro atoms. The van der Waals surface area contributed by atoms with E-state index in [1.165, 1.54) is 6.92 Å². The zero-order valence-electron chi connectivity index (χ0n) is 22.7. The number of hydrogen-bond donors (Lipinski definition) is 0. The maximum Gasteiger partial charge on any atom is 0.490 e. The molecule has 4 rings (SSSR count). The first-order valence-corrected chi connectivity index (χ1v) is 14.1. The summed E-state index contributed by atoms with van der Waals surface area (Å²) in [7, 11) is 0. The Kier molecular flexibility index (Phi) is 9.13. The predicted molar refractivity (Wildman–Crippen MR) is 129 cm³/mol. The second-order valence-corrected chi connectivity index (χ2v) is 11.7. The molecule has 0 amide bonds. The average Bonchev–Trinajstić information content (AvgIpc) is 3.45. The number of hydrogen-bond acceptors (Lipinski definition) is 7. The Bertz CT molecular complexity index is 1050. The molecule has 13 heteroatoms. The Morgan fingerprint density at radius 2 is 1.56 bits per heavy atom. The molecule has 1 heterocycles. The van der Waals surface area contributed by atoms with Gasteiger partial charge in [-0.05, 0) is 74.5 Å². The molecule has 1 aliphatic heterocycles. The fourth-order valence-corrected chi connectivity index (χ4v) is 7.37. The molecule has 0 N–H and O–H groups in total. The number of rotatable bonds is 3. The number of allylic oxidation sites excluding steroid dienone is 2. The number of carbonyl (C=O) groups excluding carboxylic acids is 4. The molecule has 1 saturated heterocycles. The Morgan fingerprint density at radius 1 is 0.902 bits per heavy atom. The summed E-state index contributed by atoms with van der Waals surface area (Å²) in [6.45, 7) is 3.23. The van der Waals surface area contributed by atoms with Crippen molar-refractivity contribution < 1.29 is 59.7 Å². The summed E-state index contributed by atoms with van der Waals surface area (Å²) in [5.74, 6) is -8.86. The van der Waals surface area contributed by atoms with Gasteiger partial charge in [0, 0.05) is 12.3 Å². The Balaban J connectivity index is 1.59. The highest BCUT2D eigenvalue weighted by molar-refractivity contribution is 5.86. The van der Waals surface area contributed by atoms with Gasteiger partial charge in [0.25, 0.3) is 0 Å². The number of ether oxygens (including phenoxy) is 3. The SMILES string of the molecule is CC[C@H]1CCC[C@@H](OC(=O)C(F)(F)F)[C@@H](C)C(=O)[C@H]2C[C@@H]3[C@@H](C=C[C@@H]4C[C@@H](OC(=O)C(F)(F)F)C[C@@H]34)[C@@H]2CC(=O)O1. The van der Waals surface area contributed by atoms with E-state index in [-0.39, 0.29) is 62.2 Å². The van der Waals surface area contributed by atoms with Crippen molar-refractivity contribution in [2.75, 3.05) is 0 Å². The van der Waals surface area contributed by atoms with Crippen LogP contribution in [0, 0.1) is 41.4 Å². The van der Waals surface area contributed by atoms with E-state index >= 15 is 0 Å². The molecule has 3 aliphatic carbocycles. The fourth-order valence-electron chi connectivity index (χ4n) is 7.37. The van der Waals surface area contributed by atoms with Crippen molar-refractivity contribution in [1.82, 2.24) is 0 Å². The molecule has 2 saturated carbocycles. The van der Waals surface area contributed by atoms with Crippen molar-refractivity contribution in [3.8, 4) is 0 Å². The maximum absolute atomic E-state index is 13.8. The summed E-state index contributed by atoms with van der Waals surface area (Å²) >= 11 is 0. The lowest BCUT2D eigenvalue weighted by atomic mass is 9.71. The lowest BCUT2D eigenvalue weighted by Crippen LogP contribution is -2.39. The third kappa shape index (κ3) is 6.90. The van der Waals surface area contributed by atoms with Crippen LogP contribution < -0.4 is 0 Å². The van der Waals surface area contributed by atoms with E-state index in [4.69, 9.17) is 14.2 Å². The molecule has 4 aliphatic rings. The van der Waals surface area contributed by atoms with Crippen LogP contribution in [0.15, 0.2) is 12.2 Å². The van der Waals surface area contributed by atoms with E-state index in [2.05, 4.69) is 0 Å². The van der Waals surface area contributed by atoms with Crippen LogP contribution in [0.3, 0.4) is 0 Å². The van der Waals surface area contributed by atoms with Gasteiger partial charge < -0.3 is 14.2 Å². The number of ketones is 1. The summed E-state index contributed by atoms with van der Waals surface area (Å²) < 4.78 is 92.6. The molecule has 10 atom stereocenters. The first-order valence-electron chi connectivity index (χ1n) is 14.1. The smallest absolute Gasteiger partial charge is 0.462 e. The van der Waals surface area contributed by atoms with Gasteiger partial charge in [0.15, 0.2) is 0 Å². The van der Waals surface area contributed by atoms with Crippen LogP contribution in [-0.2, 0) is 33.4 Å². The summed E-state index contributed by atoms with van der Waals surface area (Å²) in [6, 6.07) is 0. The van der Waals surface area contributed by atoms with Gasteiger partial charge >= 0.3 is 30.3 Å². The molecule has 0 radical (unpaired) electrons. The molecule has 230 valence electrons. The molecule has 0 aromatic carbocycles. The molecule has 0 bridgehead atoms. The van der Waals surface area contributed by atoms with E-state index in [9.17, 15) is 45.5 Å². The largest absolute Gasteiger partial charge is 0.490 e. The molecule has 0 unspecified atom stereocenters. The standard InChI is InChI=1S/C28H34F6O7/c1-3-15-5-4-6-22(41-26(38)28(32,33)34)13(2)24(36)21-11-19-17(20(21)12-23(35)39-15)8-7-14-9-16(10-18(14)19)40-25(37)27(29,30)31/h7-8,13-22H,3-6,9-12H2,1-2H3/t13-,14-,15+,16-,17-,18-,19-,20+,21+,22-/m1/s1. The van der Waals surface area contributed by atoms with E-state index in [0.717, 1.165) is 0 Å². The maximum atomic E-state index is 13.8. The lowest BCUT2D eigenvalue weighted by molar-refractivity contribution is -0.207. The molecular weight excluding hydrogens is 562 g/mol. The van der Waals surface area contributed by atoms with Crippen molar-refractivity contribution >= 4 is 23.7 Å². The van der Waals surface area contributed by atoms with E-state index < -0.39 is 72.1 Å². The van der Waals surface area contributed by atoms with Crippen molar-refractivity contribution in [1.29, 1.82) is 0 Å². The van der Waals surface area contributed by atoms with E-state index in [0.29, 0.717) is 12.8 Å². The normalized spacial score (nSPS) is 38.0. The minimum absolute atomic E-state index is 0.0239. The van der Waals surface area contributed by atoms with Crippen LogP contribution in [0.2, 0.25) is 0 Å². The topological polar surface area (TPSA) is 96.0 Å². The highest BCUT2D eigenvalue weighted by Gasteiger charge is 2.55. The van der Waals surface area contributed by atoms with Gasteiger partial charge in [-0.2, -0.15) is 26.3 Å². The first kappa shape index (κ1) is 31.3. The van der Waals surface area contributed by atoms with Gasteiger partial charge in [0.05, 0.1) is 5.92 Å². The molecule has 0 aromatic heterocycles. The van der Waals surface area contributed by atoms with Crippen LogP contribution in [0.1, 0.15) is 65.2 Å². The zero-order valence-corrected chi connectivity index (χ0v) is 22.7. The summed E-state index contributed by atoms with van der Waals surface area (Å²) in [6.07, 6.45) is -7.88. The number of esters is 3. The third-order valence-electron chi connectivity index (χ3n) is 9.32. The van der Waals surface area contributed by atoms with Gasteiger partial charge in [-0.15, -0.1) is 0 Å². The van der Waals surface area contributed by atoms with E-state index in [1.807, 2.05) is 12.2 Å². The molecule has 3 fully saturated rings. The highest BCUT2D eigenvalue weighted by Crippen LogP contribution is 2.57. The van der Waals surface area contributed by atoms with Gasteiger partial charge in [0.1, 0.15) is 24.1 Å². The zero-order chi connectivity index (χ0) is 30.3. The van der Waals surface area contributed by atoms with Crippen molar-refractivity contribution in [2.24, 2.45) is 41.4 Å². The summed E-state index contributed by atoms with van der Waals surface area (Å²) in [5.41, 5.74) is 0. The second-order valence-electron chi connectivity index (χ2n) is 11.7. The summed E-state index contributed by atoms with van der Waals surface area (Å²) in [5, 5.41) is 0. The number of halogens is 6.